The van der Waals surface area contributed by atoms with Crippen molar-refractivity contribution in [1.29, 1.82) is 0 Å². The molecule has 1 aromatic heterocycles. The second-order valence-corrected chi connectivity index (χ2v) is 7.61. The second kappa shape index (κ2) is 8.57. The number of halogens is 3. The highest BCUT2D eigenvalue weighted by molar-refractivity contribution is 5.52. The molecule has 8 heteroatoms. The van der Waals surface area contributed by atoms with Crippen LogP contribution < -0.4 is 0 Å². The summed E-state index contributed by atoms with van der Waals surface area (Å²) < 4.78 is 43.8. The standard InChI is InChI=1S/C22H23F3N4O/c1-16-2-6-18(7-3-16)21-27-26-20(30-21)15-29-12-10-28(11-13-29)14-17-4-8-19(9-5-17)22(23,24)25/h2-9H,10-15H2,1H3. The van der Waals surface area contributed by atoms with Gasteiger partial charge in [-0.3, -0.25) is 9.80 Å². The minimum atomic E-state index is -4.29. The van der Waals surface area contributed by atoms with Crippen LogP contribution in [0.2, 0.25) is 0 Å². The lowest BCUT2D eigenvalue weighted by Crippen LogP contribution is -2.45. The normalized spacial score (nSPS) is 16.1. The summed E-state index contributed by atoms with van der Waals surface area (Å²) in [7, 11) is 0. The van der Waals surface area contributed by atoms with Gasteiger partial charge in [-0.25, -0.2) is 0 Å². The van der Waals surface area contributed by atoms with E-state index in [0.29, 0.717) is 24.9 Å². The predicted molar refractivity (Wildman–Crippen MR) is 106 cm³/mol. The van der Waals surface area contributed by atoms with Gasteiger partial charge in [0.05, 0.1) is 12.1 Å². The molecule has 30 heavy (non-hydrogen) atoms. The topological polar surface area (TPSA) is 45.4 Å². The highest BCUT2D eigenvalue weighted by Crippen LogP contribution is 2.29. The fraction of sp³-hybridized carbons (Fsp3) is 0.364. The molecule has 158 valence electrons. The Bertz CT molecular complexity index is 959. The van der Waals surface area contributed by atoms with Crippen molar-refractivity contribution in [2.24, 2.45) is 0 Å². The van der Waals surface area contributed by atoms with Gasteiger partial charge in [-0.15, -0.1) is 10.2 Å². The van der Waals surface area contributed by atoms with Crippen LogP contribution in [0.3, 0.4) is 0 Å². The second-order valence-electron chi connectivity index (χ2n) is 7.61. The van der Waals surface area contributed by atoms with Crippen molar-refractivity contribution in [3.63, 3.8) is 0 Å². The van der Waals surface area contributed by atoms with Gasteiger partial charge < -0.3 is 4.42 Å². The van der Waals surface area contributed by atoms with E-state index in [9.17, 15) is 13.2 Å². The van der Waals surface area contributed by atoms with Crippen LogP contribution >= 0.6 is 0 Å². The van der Waals surface area contributed by atoms with Crippen LogP contribution in [0.4, 0.5) is 13.2 Å². The molecule has 0 spiro atoms. The van der Waals surface area contributed by atoms with Gasteiger partial charge in [0.25, 0.3) is 0 Å². The van der Waals surface area contributed by atoms with Gasteiger partial charge >= 0.3 is 6.18 Å². The van der Waals surface area contributed by atoms with Crippen molar-refractivity contribution < 1.29 is 17.6 Å². The zero-order chi connectivity index (χ0) is 21.1. The highest BCUT2D eigenvalue weighted by Gasteiger charge is 2.30. The molecular weight excluding hydrogens is 393 g/mol. The number of hydrogen-bond donors (Lipinski definition) is 0. The third-order valence-corrected chi connectivity index (χ3v) is 5.28. The first kappa shape index (κ1) is 20.6. The van der Waals surface area contributed by atoms with Crippen LogP contribution in [-0.4, -0.2) is 46.2 Å². The Morgan fingerprint density at radius 2 is 1.43 bits per heavy atom. The Balaban J connectivity index is 1.27. The Kier molecular flexibility index (Phi) is 5.87. The lowest BCUT2D eigenvalue weighted by Gasteiger charge is -2.34. The number of benzene rings is 2. The maximum Gasteiger partial charge on any atom is 0.416 e. The third-order valence-electron chi connectivity index (χ3n) is 5.28. The maximum absolute atomic E-state index is 12.7. The van der Waals surface area contributed by atoms with Crippen LogP contribution in [0, 0.1) is 6.92 Å². The first-order chi connectivity index (χ1) is 14.4. The summed E-state index contributed by atoms with van der Waals surface area (Å²) in [6.07, 6.45) is -4.29. The van der Waals surface area contributed by atoms with E-state index in [1.54, 1.807) is 12.1 Å². The third kappa shape index (κ3) is 5.06. The highest BCUT2D eigenvalue weighted by atomic mass is 19.4. The predicted octanol–water partition coefficient (Wildman–Crippen LogP) is 4.38. The number of piperazine rings is 1. The Hall–Kier alpha value is -2.71. The fourth-order valence-corrected chi connectivity index (χ4v) is 3.48. The van der Waals surface area contributed by atoms with Crippen LogP contribution in [-0.2, 0) is 19.3 Å². The van der Waals surface area contributed by atoms with E-state index in [0.717, 1.165) is 49.4 Å². The van der Waals surface area contributed by atoms with Gasteiger partial charge in [0.2, 0.25) is 11.8 Å². The minimum Gasteiger partial charge on any atom is -0.419 e. The smallest absolute Gasteiger partial charge is 0.416 e. The molecule has 0 unspecified atom stereocenters. The molecule has 3 aromatic rings. The van der Waals surface area contributed by atoms with Crippen molar-refractivity contribution in [2.45, 2.75) is 26.2 Å². The van der Waals surface area contributed by atoms with Crippen LogP contribution in [0.5, 0.6) is 0 Å². The molecule has 4 rings (SSSR count). The molecule has 5 nitrogen and oxygen atoms in total. The fourth-order valence-electron chi connectivity index (χ4n) is 3.48. The summed E-state index contributed by atoms with van der Waals surface area (Å²) in [5.41, 5.74) is 2.35. The largest absolute Gasteiger partial charge is 0.419 e. The van der Waals surface area contributed by atoms with Crippen molar-refractivity contribution in [3.8, 4) is 11.5 Å². The molecule has 1 aliphatic rings. The van der Waals surface area contributed by atoms with Gasteiger partial charge in [-0.2, -0.15) is 13.2 Å². The summed E-state index contributed by atoms with van der Waals surface area (Å²) >= 11 is 0. The molecule has 1 fully saturated rings. The van der Waals surface area contributed by atoms with Crippen molar-refractivity contribution in [1.82, 2.24) is 20.0 Å². The molecular formula is C22H23F3N4O. The van der Waals surface area contributed by atoms with E-state index in [-0.39, 0.29) is 0 Å². The first-order valence-electron chi connectivity index (χ1n) is 9.87. The number of aryl methyl sites for hydroxylation is 1. The molecule has 0 amide bonds. The van der Waals surface area contributed by atoms with Gasteiger partial charge in [0.15, 0.2) is 0 Å². The van der Waals surface area contributed by atoms with E-state index in [1.807, 2.05) is 31.2 Å². The Morgan fingerprint density at radius 3 is 2.03 bits per heavy atom. The molecule has 1 saturated heterocycles. The van der Waals surface area contributed by atoms with Gasteiger partial charge in [-0.1, -0.05) is 29.8 Å². The zero-order valence-corrected chi connectivity index (χ0v) is 16.7. The van der Waals surface area contributed by atoms with Crippen molar-refractivity contribution in [3.05, 3.63) is 71.1 Å². The summed E-state index contributed by atoms with van der Waals surface area (Å²) in [5.74, 6) is 1.10. The minimum absolute atomic E-state index is 0.519. The Labute approximate surface area is 173 Å². The van der Waals surface area contributed by atoms with E-state index < -0.39 is 11.7 Å². The lowest BCUT2D eigenvalue weighted by atomic mass is 10.1. The molecule has 0 aliphatic carbocycles. The first-order valence-corrected chi connectivity index (χ1v) is 9.87. The summed E-state index contributed by atoms with van der Waals surface area (Å²) in [4.78, 5) is 4.49. The monoisotopic (exact) mass is 416 g/mol. The number of aromatic nitrogens is 2. The lowest BCUT2D eigenvalue weighted by molar-refractivity contribution is -0.137. The van der Waals surface area contributed by atoms with Crippen molar-refractivity contribution >= 4 is 0 Å². The van der Waals surface area contributed by atoms with Crippen molar-refractivity contribution in [2.75, 3.05) is 26.2 Å². The molecule has 1 aliphatic heterocycles. The van der Waals surface area contributed by atoms with E-state index in [4.69, 9.17) is 4.42 Å². The molecule has 2 aromatic carbocycles. The average molecular weight is 416 g/mol. The summed E-state index contributed by atoms with van der Waals surface area (Å²) in [6.45, 7) is 6.60. The van der Waals surface area contributed by atoms with Crippen LogP contribution in [0.1, 0.15) is 22.6 Å². The molecule has 0 atom stereocenters. The maximum atomic E-state index is 12.7. The average Bonchev–Trinajstić information content (AvgIpc) is 3.18. The van der Waals surface area contributed by atoms with E-state index >= 15 is 0 Å². The number of alkyl halides is 3. The van der Waals surface area contributed by atoms with E-state index in [2.05, 4.69) is 20.0 Å². The van der Waals surface area contributed by atoms with Crippen LogP contribution in [0.25, 0.3) is 11.5 Å². The van der Waals surface area contributed by atoms with Gasteiger partial charge in [-0.05, 0) is 36.8 Å². The van der Waals surface area contributed by atoms with E-state index in [1.165, 1.54) is 5.56 Å². The van der Waals surface area contributed by atoms with Crippen LogP contribution in [0.15, 0.2) is 52.9 Å². The Morgan fingerprint density at radius 1 is 0.833 bits per heavy atom. The SMILES string of the molecule is Cc1ccc(-c2nnc(CN3CCN(Cc4ccc(C(F)(F)F)cc4)CC3)o2)cc1. The van der Waals surface area contributed by atoms with Gasteiger partial charge in [0.1, 0.15) is 0 Å². The molecule has 0 bridgehead atoms. The molecule has 0 saturated carbocycles. The molecule has 2 heterocycles. The molecule has 0 N–H and O–H groups in total. The number of nitrogens with zero attached hydrogens (tertiary/aromatic N) is 4. The van der Waals surface area contributed by atoms with Gasteiger partial charge in [0, 0.05) is 38.3 Å². The summed E-state index contributed by atoms with van der Waals surface area (Å²) in [6, 6.07) is 13.4. The quantitative estimate of drug-likeness (QED) is 0.618. The summed E-state index contributed by atoms with van der Waals surface area (Å²) in [5, 5.41) is 8.30. The number of hydrogen-bond acceptors (Lipinski definition) is 5. The molecule has 0 radical (unpaired) electrons. The zero-order valence-electron chi connectivity index (χ0n) is 16.7. The number of rotatable bonds is 5.